The molecule has 0 aliphatic rings. The van der Waals surface area contributed by atoms with Gasteiger partial charge in [0.25, 0.3) is 0 Å². The van der Waals surface area contributed by atoms with Gasteiger partial charge in [0, 0.05) is 28.6 Å². The smallest absolute Gasteiger partial charge is 0.167 e. The molecule has 0 amide bonds. The molecular weight excluding hydrogens is 330 g/mol. The average molecular weight is 345 g/mol. The van der Waals surface area contributed by atoms with Crippen LogP contribution in [0.3, 0.4) is 0 Å². The summed E-state index contributed by atoms with van der Waals surface area (Å²) in [6.45, 7) is 2.03. The zero-order valence-electron chi connectivity index (χ0n) is 13.5. The van der Waals surface area contributed by atoms with Gasteiger partial charge in [-0.2, -0.15) is 0 Å². The SMILES string of the molecule is CCCc1ccc(-c2ccc(-c3ccc(F)c(F)c3)c(F)c2F)cn1. The predicted molar refractivity (Wildman–Crippen MR) is 88.9 cm³/mol. The van der Waals surface area contributed by atoms with Crippen LogP contribution in [0.15, 0.2) is 48.7 Å². The Bertz CT molecular complexity index is 904. The lowest BCUT2D eigenvalue weighted by Crippen LogP contribution is -1.96. The molecule has 25 heavy (non-hydrogen) atoms. The van der Waals surface area contributed by atoms with Crippen LogP contribution in [0.1, 0.15) is 19.0 Å². The molecule has 1 aromatic heterocycles. The fourth-order valence-corrected chi connectivity index (χ4v) is 2.65. The van der Waals surface area contributed by atoms with E-state index in [-0.39, 0.29) is 16.7 Å². The van der Waals surface area contributed by atoms with Gasteiger partial charge in [-0.25, -0.2) is 17.6 Å². The molecule has 0 aliphatic carbocycles. The highest BCUT2D eigenvalue weighted by Gasteiger charge is 2.17. The maximum Gasteiger partial charge on any atom is 0.167 e. The standard InChI is InChI=1S/C20H15F4N/c1-2-3-14-6-4-13(11-25-14)16-8-7-15(19(23)20(16)24)12-5-9-17(21)18(22)10-12/h4-11H,2-3H2,1H3. The minimum atomic E-state index is -1.11. The highest BCUT2D eigenvalue weighted by molar-refractivity contribution is 5.71. The van der Waals surface area contributed by atoms with Crippen LogP contribution in [0, 0.1) is 23.3 Å². The van der Waals surface area contributed by atoms with E-state index in [2.05, 4.69) is 4.98 Å². The fourth-order valence-electron chi connectivity index (χ4n) is 2.65. The molecule has 0 unspecified atom stereocenters. The Labute approximate surface area is 143 Å². The first-order valence-corrected chi connectivity index (χ1v) is 7.90. The second kappa shape index (κ2) is 7.05. The highest BCUT2D eigenvalue weighted by atomic mass is 19.2. The Balaban J connectivity index is 2.01. The minimum absolute atomic E-state index is 0.0678. The van der Waals surface area contributed by atoms with Gasteiger partial charge < -0.3 is 0 Å². The molecule has 2 aromatic carbocycles. The average Bonchev–Trinajstić information content (AvgIpc) is 2.61. The Morgan fingerprint density at radius 3 is 1.96 bits per heavy atom. The first kappa shape index (κ1) is 17.1. The Kier molecular flexibility index (Phi) is 4.83. The van der Waals surface area contributed by atoms with E-state index in [4.69, 9.17) is 0 Å². The zero-order valence-corrected chi connectivity index (χ0v) is 13.5. The van der Waals surface area contributed by atoms with Crippen molar-refractivity contribution < 1.29 is 17.6 Å². The zero-order chi connectivity index (χ0) is 18.0. The van der Waals surface area contributed by atoms with Crippen LogP contribution in [-0.2, 0) is 6.42 Å². The molecule has 0 saturated carbocycles. The summed E-state index contributed by atoms with van der Waals surface area (Å²) in [4.78, 5) is 4.24. The summed E-state index contributed by atoms with van der Waals surface area (Å²) in [6.07, 6.45) is 3.25. The molecule has 3 rings (SSSR count). The van der Waals surface area contributed by atoms with Crippen molar-refractivity contribution in [3.63, 3.8) is 0 Å². The lowest BCUT2D eigenvalue weighted by molar-refractivity contribution is 0.507. The fraction of sp³-hybridized carbons (Fsp3) is 0.150. The third-order valence-corrected chi connectivity index (χ3v) is 3.95. The summed E-state index contributed by atoms with van der Waals surface area (Å²) in [5.74, 6) is -4.31. The summed E-state index contributed by atoms with van der Waals surface area (Å²) in [5, 5.41) is 0. The molecule has 5 heteroatoms. The molecule has 1 heterocycles. The summed E-state index contributed by atoms with van der Waals surface area (Å²) in [5.41, 5.74) is 1.34. The first-order valence-electron chi connectivity index (χ1n) is 7.90. The lowest BCUT2D eigenvalue weighted by atomic mass is 9.99. The molecule has 128 valence electrons. The molecule has 0 bridgehead atoms. The van der Waals surface area contributed by atoms with Gasteiger partial charge in [-0.05, 0) is 30.2 Å². The Morgan fingerprint density at radius 1 is 0.760 bits per heavy atom. The molecule has 0 N–H and O–H groups in total. The molecule has 0 atom stereocenters. The lowest BCUT2D eigenvalue weighted by Gasteiger charge is -2.10. The third kappa shape index (κ3) is 3.40. The number of nitrogens with zero attached hydrogens (tertiary/aromatic N) is 1. The molecule has 1 nitrogen and oxygen atoms in total. The van der Waals surface area contributed by atoms with Gasteiger partial charge in [-0.3, -0.25) is 4.98 Å². The van der Waals surface area contributed by atoms with Crippen molar-refractivity contribution in [2.24, 2.45) is 0 Å². The van der Waals surface area contributed by atoms with E-state index in [1.54, 1.807) is 12.1 Å². The van der Waals surface area contributed by atoms with Crippen molar-refractivity contribution in [1.29, 1.82) is 0 Å². The van der Waals surface area contributed by atoms with Gasteiger partial charge in [0.05, 0.1) is 0 Å². The largest absolute Gasteiger partial charge is 0.261 e. The van der Waals surface area contributed by atoms with Crippen LogP contribution in [0.2, 0.25) is 0 Å². The topological polar surface area (TPSA) is 12.9 Å². The van der Waals surface area contributed by atoms with Gasteiger partial charge in [0.1, 0.15) is 0 Å². The quantitative estimate of drug-likeness (QED) is 0.535. The van der Waals surface area contributed by atoms with Crippen molar-refractivity contribution in [1.82, 2.24) is 4.98 Å². The van der Waals surface area contributed by atoms with Gasteiger partial charge in [-0.1, -0.05) is 37.6 Å². The van der Waals surface area contributed by atoms with Crippen LogP contribution in [0.25, 0.3) is 22.3 Å². The monoisotopic (exact) mass is 345 g/mol. The number of hydrogen-bond acceptors (Lipinski definition) is 1. The maximum atomic E-state index is 14.5. The molecule has 3 aromatic rings. The minimum Gasteiger partial charge on any atom is -0.261 e. The summed E-state index contributed by atoms with van der Waals surface area (Å²) < 4.78 is 55.3. The summed E-state index contributed by atoms with van der Waals surface area (Å²) in [6, 6.07) is 9.15. The van der Waals surface area contributed by atoms with E-state index in [0.29, 0.717) is 5.56 Å². The van der Waals surface area contributed by atoms with Crippen LogP contribution in [-0.4, -0.2) is 4.98 Å². The number of benzene rings is 2. The highest BCUT2D eigenvalue weighted by Crippen LogP contribution is 2.31. The summed E-state index contributed by atoms with van der Waals surface area (Å²) >= 11 is 0. The van der Waals surface area contributed by atoms with Gasteiger partial charge in [0.15, 0.2) is 23.3 Å². The van der Waals surface area contributed by atoms with Crippen molar-refractivity contribution in [2.45, 2.75) is 19.8 Å². The van der Waals surface area contributed by atoms with Crippen molar-refractivity contribution >= 4 is 0 Å². The predicted octanol–water partition coefficient (Wildman–Crippen LogP) is 5.92. The molecule has 0 aliphatic heterocycles. The second-order valence-electron chi connectivity index (χ2n) is 5.71. The Hall–Kier alpha value is -2.69. The molecule has 0 spiro atoms. The van der Waals surface area contributed by atoms with E-state index in [9.17, 15) is 17.6 Å². The van der Waals surface area contributed by atoms with Crippen molar-refractivity contribution in [2.75, 3.05) is 0 Å². The van der Waals surface area contributed by atoms with Crippen LogP contribution < -0.4 is 0 Å². The van der Waals surface area contributed by atoms with Crippen molar-refractivity contribution in [3.8, 4) is 22.3 Å². The maximum absolute atomic E-state index is 14.5. The Morgan fingerprint density at radius 2 is 1.40 bits per heavy atom. The van der Waals surface area contributed by atoms with E-state index < -0.39 is 23.3 Å². The van der Waals surface area contributed by atoms with Gasteiger partial charge in [-0.15, -0.1) is 0 Å². The first-order chi connectivity index (χ1) is 12.0. The molecule has 0 saturated heterocycles. The third-order valence-electron chi connectivity index (χ3n) is 3.95. The number of rotatable bonds is 4. The summed E-state index contributed by atoms with van der Waals surface area (Å²) in [7, 11) is 0. The number of halogens is 4. The number of pyridine rings is 1. The number of aryl methyl sites for hydroxylation is 1. The van der Waals surface area contributed by atoms with Crippen molar-refractivity contribution in [3.05, 3.63) is 77.6 Å². The van der Waals surface area contributed by atoms with Gasteiger partial charge in [0.2, 0.25) is 0 Å². The molecule has 0 fully saturated rings. The van der Waals surface area contributed by atoms with Gasteiger partial charge >= 0.3 is 0 Å². The molecule has 0 radical (unpaired) electrons. The molecular formula is C20H15F4N. The number of aromatic nitrogens is 1. The van der Waals surface area contributed by atoms with Crippen LogP contribution in [0.4, 0.5) is 17.6 Å². The van der Waals surface area contributed by atoms with E-state index >= 15 is 0 Å². The number of hydrogen-bond donors (Lipinski definition) is 0. The van der Waals surface area contributed by atoms with E-state index in [0.717, 1.165) is 30.7 Å². The van der Waals surface area contributed by atoms with Crippen LogP contribution in [0.5, 0.6) is 0 Å². The normalized spacial score (nSPS) is 10.9. The van der Waals surface area contributed by atoms with Crippen LogP contribution >= 0.6 is 0 Å². The van der Waals surface area contributed by atoms with E-state index in [1.807, 2.05) is 6.92 Å². The second-order valence-corrected chi connectivity index (χ2v) is 5.71. The van der Waals surface area contributed by atoms with E-state index in [1.165, 1.54) is 24.4 Å².